The zero-order valence-electron chi connectivity index (χ0n) is 26.3. The fourth-order valence-electron chi connectivity index (χ4n) is 7.66. The van der Waals surface area contributed by atoms with Crippen molar-refractivity contribution in [2.24, 2.45) is 17.8 Å². The Balaban J connectivity index is 1.62. The Hall–Kier alpha value is -3.66. The van der Waals surface area contributed by atoms with Crippen molar-refractivity contribution in [2.75, 3.05) is 36.1 Å². The molecule has 3 heterocycles. The van der Waals surface area contributed by atoms with Gasteiger partial charge in [0.1, 0.15) is 17.4 Å². The first-order valence-electron chi connectivity index (χ1n) is 15.5. The van der Waals surface area contributed by atoms with Gasteiger partial charge in [0.05, 0.1) is 47.4 Å². The molecule has 240 valence electrons. The molecular formula is C35H42ClN3O6. The van der Waals surface area contributed by atoms with E-state index in [-0.39, 0.29) is 37.4 Å². The SMILES string of the molecule is C=CCN(C(=O)[C@@H]1[C@H]2C(=O)N([C@H](C)CO)C(C(=O)N(CC=C)c3ccccc3Cl)C23CC(C)[C@@]1(C)O3)c1ccc(OCC)cc1. The summed E-state index contributed by atoms with van der Waals surface area (Å²) >= 11 is 6.56. The summed E-state index contributed by atoms with van der Waals surface area (Å²) in [6.07, 6.45) is 3.63. The number of aliphatic hydroxyl groups excluding tert-OH is 1. The number of halogens is 1. The van der Waals surface area contributed by atoms with Crippen molar-refractivity contribution in [3.8, 4) is 5.75 Å². The first-order valence-corrected chi connectivity index (χ1v) is 15.8. The summed E-state index contributed by atoms with van der Waals surface area (Å²) in [7, 11) is 0. The number of hydrogen-bond acceptors (Lipinski definition) is 6. The van der Waals surface area contributed by atoms with Crippen LogP contribution in [0.15, 0.2) is 73.8 Å². The fourth-order valence-corrected chi connectivity index (χ4v) is 7.89. The van der Waals surface area contributed by atoms with Crippen molar-refractivity contribution in [1.29, 1.82) is 0 Å². The van der Waals surface area contributed by atoms with Crippen LogP contribution in [0, 0.1) is 17.8 Å². The molecule has 5 rings (SSSR count). The van der Waals surface area contributed by atoms with Crippen LogP contribution in [0.2, 0.25) is 5.02 Å². The number of hydrogen-bond donors (Lipinski definition) is 1. The Morgan fingerprint density at radius 2 is 1.78 bits per heavy atom. The number of carbonyl (C=O) groups excluding carboxylic acids is 3. The van der Waals surface area contributed by atoms with Gasteiger partial charge in [-0.3, -0.25) is 14.4 Å². The summed E-state index contributed by atoms with van der Waals surface area (Å²) in [6, 6.07) is 12.4. The lowest BCUT2D eigenvalue weighted by Gasteiger charge is -2.39. The zero-order valence-corrected chi connectivity index (χ0v) is 27.1. The summed E-state index contributed by atoms with van der Waals surface area (Å²) in [5.41, 5.74) is -1.22. The predicted octanol–water partition coefficient (Wildman–Crippen LogP) is 4.87. The van der Waals surface area contributed by atoms with Gasteiger partial charge >= 0.3 is 0 Å². The number of para-hydroxylation sites is 1. The molecule has 45 heavy (non-hydrogen) atoms. The van der Waals surface area contributed by atoms with Crippen LogP contribution in [0.5, 0.6) is 5.75 Å². The van der Waals surface area contributed by atoms with E-state index in [1.54, 1.807) is 60.4 Å². The topological polar surface area (TPSA) is 99.6 Å². The van der Waals surface area contributed by atoms with Gasteiger partial charge in [-0.15, -0.1) is 13.2 Å². The molecule has 0 aliphatic carbocycles. The molecule has 2 aromatic carbocycles. The van der Waals surface area contributed by atoms with E-state index in [1.165, 1.54) is 9.80 Å². The molecule has 10 heteroatoms. The van der Waals surface area contributed by atoms with Crippen molar-refractivity contribution in [3.05, 3.63) is 78.9 Å². The van der Waals surface area contributed by atoms with Crippen LogP contribution in [-0.4, -0.2) is 77.3 Å². The number of aliphatic hydroxyl groups is 1. The molecule has 1 spiro atoms. The van der Waals surface area contributed by atoms with E-state index >= 15 is 0 Å². The molecule has 7 atom stereocenters. The molecule has 1 N–H and O–H groups in total. The predicted molar refractivity (Wildman–Crippen MR) is 174 cm³/mol. The maximum atomic E-state index is 14.8. The molecule has 3 aliphatic heterocycles. The van der Waals surface area contributed by atoms with E-state index in [2.05, 4.69) is 13.2 Å². The summed E-state index contributed by atoms with van der Waals surface area (Å²) in [5.74, 6) is -2.38. The zero-order chi connectivity index (χ0) is 32.7. The Morgan fingerprint density at radius 3 is 2.38 bits per heavy atom. The highest BCUT2D eigenvalue weighted by Gasteiger charge is 2.80. The number of ether oxygens (including phenoxy) is 2. The highest BCUT2D eigenvalue weighted by molar-refractivity contribution is 6.34. The smallest absolute Gasteiger partial charge is 0.253 e. The summed E-state index contributed by atoms with van der Waals surface area (Å²) in [4.78, 5) is 48.6. The number of fused-ring (bicyclic) bond motifs is 1. The fraction of sp³-hybridized carbons (Fsp3) is 0.457. The van der Waals surface area contributed by atoms with Crippen LogP contribution in [0.1, 0.15) is 34.1 Å². The van der Waals surface area contributed by atoms with Crippen LogP contribution in [-0.2, 0) is 19.1 Å². The van der Waals surface area contributed by atoms with Crippen molar-refractivity contribution < 1.29 is 29.0 Å². The summed E-state index contributed by atoms with van der Waals surface area (Å²) in [5, 5.41) is 10.7. The molecule has 3 saturated heterocycles. The number of likely N-dealkylation sites (tertiary alicyclic amines) is 1. The van der Waals surface area contributed by atoms with Crippen LogP contribution < -0.4 is 14.5 Å². The number of nitrogens with zero attached hydrogens (tertiary/aromatic N) is 3. The van der Waals surface area contributed by atoms with Crippen LogP contribution in [0.3, 0.4) is 0 Å². The molecule has 0 radical (unpaired) electrons. The minimum Gasteiger partial charge on any atom is -0.494 e. The van der Waals surface area contributed by atoms with Gasteiger partial charge in [-0.1, -0.05) is 42.8 Å². The number of amides is 3. The van der Waals surface area contributed by atoms with Crippen molar-refractivity contribution >= 4 is 40.7 Å². The number of anilines is 2. The molecule has 3 aliphatic rings. The first kappa shape index (κ1) is 32.7. The quantitative estimate of drug-likeness (QED) is 0.334. The van der Waals surface area contributed by atoms with E-state index in [1.807, 2.05) is 32.9 Å². The van der Waals surface area contributed by atoms with Gasteiger partial charge in [0.2, 0.25) is 11.8 Å². The molecule has 0 saturated carbocycles. The third-order valence-corrected chi connectivity index (χ3v) is 10.1. The Morgan fingerprint density at radius 1 is 1.13 bits per heavy atom. The summed E-state index contributed by atoms with van der Waals surface area (Å²) in [6.45, 7) is 15.7. The second-order valence-electron chi connectivity index (χ2n) is 12.3. The monoisotopic (exact) mass is 635 g/mol. The Labute approximate surface area is 270 Å². The van der Waals surface area contributed by atoms with Crippen LogP contribution in [0.4, 0.5) is 11.4 Å². The molecule has 3 amide bonds. The molecule has 0 aromatic heterocycles. The molecule has 2 aromatic rings. The molecule has 2 bridgehead atoms. The largest absolute Gasteiger partial charge is 0.494 e. The molecule has 9 nitrogen and oxygen atoms in total. The van der Waals surface area contributed by atoms with E-state index in [0.717, 1.165) is 0 Å². The second-order valence-corrected chi connectivity index (χ2v) is 12.7. The third-order valence-electron chi connectivity index (χ3n) is 9.75. The van der Waals surface area contributed by atoms with Gasteiger partial charge in [0, 0.05) is 18.8 Å². The number of carbonyl (C=O) groups is 3. The molecule has 3 unspecified atom stereocenters. The lowest BCUT2D eigenvalue weighted by molar-refractivity contribution is -0.148. The average molecular weight is 636 g/mol. The van der Waals surface area contributed by atoms with Crippen molar-refractivity contribution in [2.45, 2.75) is 57.4 Å². The van der Waals surface area contributed by atoms with Gasteiger partial charge in [0.15, 0.2) is 0 Å². The van der Waals surface area contributed by atoms with E-state index in [4.69, 9.17) is 21.1 Å². The minimum atomic E-state index is -1.30. The number of rotatable bonds is 12. The van der Waals surface area contributed by atoms with Crippen molar-refractivity contribution in [3.63, 3.8) is 0 Å². The van der Waals surface area contributed by atoms with Crippen LogP contribution in [0.25, 0.3) is 0 Å². The number of benzene rings is 2. The lowest BCUT2D eigenvalue weighted by atomic mass is 9.62. The normalized spacial score (nSPS) is 28.8. The minimum absolute atomic E-state index is 0.134. The second kappa shape index (κ2) is 12.6. The van der Waals surface area contributed by atoms with Gasteiger partial charge < -0.3 is 29.3 Å². The highest BCUT2D eigenvalue weighted by Crippen LogP contribution is 2.66. The standard InChI is InChI=1S/C35H42ClN3O6/c1-7-18-37(24-14-16-25(17-15-24)44-9-3)31(41)28-29-32(42)39(23(5)21-40)30(35(29)20-22(4)34(28,6)45-35)33(43)38(19-8-2)27-13-11-10-12-26(27)36/h7-8,10-17,22-23,28-30,40H,1-2,9,18-21H2,3-6H3/t22?,23-,28+,29+,30?,34-,35?/m1/s1. The van der Waals surface area contributed by atoms with E-state index < -0.39 is 41.0 Å². The van der Waals surface area contributed by atoms with Gasteiger partial charge in [0.25, 0.3) is 5.91 Å². The molecular weight excluding hydrogens is 594 g/mol. The molecule has 3 fully saturated rings. The maximum absolute atomic E-state index is 14.8. The van der Waals surface area contributed by atoms with E-state index in [9.17, 15) is 19.5 Å². The van der Waals surface area contributed by atoms with Gasteiger partial charge in [-0.2, -0.15) is 0 Å². The highest BCUT2D eigenvalue weighted by atomic mass is 35.5. The lowest BCUT2D eigenvalue weighted by Crippen LogP contribution is -2.58. The van der Waals surface area contributed by atoms with Gasteiger partial charge in [-0.05, 0) is 69.5 Å². The van der Waals surface area contributed by atoms with E-state index in [0.29, 0.717) is 35.2 Å². The van der Waals surface area contributed by atoms with Crippen LogP contribution >= 0.6 is 11.6 Å². The Kier molecular flexibility index (Phi) is 9.18. The third kappa shape index (κ3) is 5.15. The first-order chi connectivity index (χ1) is 21.5. The maximum Gasteiger partial charge on any atom is 0.253 e. The summed E-state index contributed by atoms with van der Waals surface area (Å²) < 4.78 is 12.5. The van der Waals surface area contributed by atoms with Crippen molar-refractivity contribution in [1.82, 2.24) is 4.90 Å². The average Bonchev–Trinajstić information content (AvgIpc) is 3.55. The van der Waals surface area contributed by atoms with Gasteiger partial charge in [-0.25, -0.2) is 0 Å². The Bertz CT molecular complexity index is 1480.